The van der Waals surface area contributed by atoms with Crippen LogP contribution in [-0.4, -0.2) is 27.2 Å². The van der Waals surface area contributed by atoms with Gasteiger partial charge in [0.25, 0.3) is 0 Å². The number of nitrogens with one attached hydrogen (secondary N) is 1. The number of aliphatic imine (C=N–C) groups is 1. The van der Waals surface area contributed by atoms with Gasteiger partial charge in [-0.3, -0.25) is 10.4 Å². The summed E-state index contributed by atoms with van der Waals surface area (Å²) in [5, 5.41) is 5.36. The molecule has 4 nitrogen and oxygen atoms in total. The monoisotopic (exact) mass is 234 g/mol. The Morgan fingerprint density at radius 2 is 2.44 bits per heavy atom. The molecule has 0 spiro atoms. The molecule has 0 bridgehead atoms. The van der Waals surface area contributed by atoms with Crippen molar-refractivity contribution in [1.82, 2.24) is 9.99 Å². The molecule has 2 heterocycles. The van der Waals surface area contributed by atoms with Gasteiger partial charge in [0.05, 0.1) is 17.4 Å². The third kappa shape index (κ3) is 2.00. The molecular weight excluding hydrogens is 220 g/mol. The molecular formula is C11H14N4S. The molecule has 2 aliphatic rings. The van der Waals surface area contributed by atoms with Crippen molar-refractivity contribution in [1.29, 1.82) is 0 Å². The van der Waals surface area contributed by atoms with Gasteiger partial charge < -0.3 is 4.57 Å². The average molecular weight is 234 g/mol. The first-order valence-electron chi connectivity index (χ1n) is 5.48. The van der Waals surface area contributed by atoms with E-state index in [1.54, 1.807) is 11.8 Å². The van der Waals surface area contributed by atoms with Crippen molar-refractivity contribution >= 4 is 22.6 Å². The normalized spacial score (nSPS) is 23.1. The first-order valence-corrected chi connectivity index (χ1v) is 6.46. The maximum absolute atomic E-state index is 4.54. The van der Waals surface area contributed by atoms with Crippen molar-refractivity contribution < 1.29 is 0 Å². The zero-order valence-corrected chi connectivity index (χ0v) is 10.00. The van der Waals surface area contributed by atoms with Gasteiger partial charge in [0.1, 0.15) is 0 Å². The highest BCUT2D eigenvalue weighted by molar-refractivity contribution is 8.14. The van der Waals surface area contributed by atoms with E-state index in [0.717, 1.165) is 16.6 Å². The summed E-state index contributed by atoms with van der Waals surface area (Å²) in [6, 6.07) is 4.68. The molecule has 84 valence electrons. The molecule has 0 unspecified atom stereocenters. The van der Waals surface area contributed by atoms with E-state index in [1.807, 2.05) is 19.3 Å². The summed E-state index contributed by atoms with van der Waals surface area (Å²) in [5.74, 6) is 0.899. The first-order chi connectivity index (χ1) is 7.83. The second kappa shape index (κ2) is 3.97. The highest BCUT2D eigenvalue weighted by atomic mass is 32.2. The van der Waals surface area contributed by atoms with Crippen LogP contribution in [0, 0.1) is 0 Å². The van der Waals surface area contributed by atoms with E-state index in [0.29, 0.717) is 6.04 Å². The van der Waals surface area contributed by atoms with E-state index >= 15 is 0 Å². The number of nitrogens with zero attached hydrogens (tertiary/aromatic N) is 3. The van der Waals surface area contributed by atoms with Crippen molar-refractivity contribution in [3.05, 3.63) is 24.0 Å². The fraction of sp³-hybridized carbons (Fsp3) is 0.455. The molecule has 0 radical (unpaired) electrons. The van der Waals surface area contributed by atoms with Crippen LogP contribution in [0.25, 0.3) is 0 Å². The zero-order chi connectivity index (χ0) is 11.0. The van der Waals surface area contributed by atoms with Gasteiger partial charge >= 0.3 is 0 Å². The number of thioether (sulfide) groups is 1. The van der Waals surface area contributed by atoms with Gasteiger partial charge in [0.2, 0.25) is 0 Å². The van der Waals surface area contributed by atoms with E-state index in [-0.39, 0.29) is 0 Å². The summed E-state index contributed by atoms with van der Waals surface area (Å²) in [6.45, 7) is 0. The van der Waals surface area contributed by atoms with Crippen molar-refractivity contribution in [3.8, 4) is 0 Å². The maximum Gasteiger partial charge on any atom is 0.177 e. The van der Waals surface area contributed by atoms with Crippen LogP contribution < -0.4 is 5.43 Å². The molecule has 5 heteroatoms. The standard InChI is InChI=1S/C11H14N4S/c1-15-6-2-3-10(15)9-7-16-11(14-13-9)12-8-4-5-8/h2-3,6,8H,4-5,7H2,1H3,(H,12,14). The van der Waals surface area contributed by atoms with Crippen molar-refractivity contribution in [2.75, 3.05) is 5.75 Å². The zero-order valence-electron chi connectivity index (χ0n) is 9.18. The number of rotatable bonds is 2. The minimum Gasteiger partial charge on any atom is -0.350 e. The summed E-state index contributed by atoms with van der Waals surface area (Å²) in [7, 11) is 2.04. The van der Waals surface area contributed by atoms with E-state index in [1.165, 1.54) is 18.5 Å². The van der Waals surface area contributed by atoms with Gasteiger partial charge in [-0.1, -0.05) is 11.8 Å². The molecule has 1 aromatic heterocycles. The molecule has 0 atom stereocenters. The molecule has 1 aliphatic carbocycles. The lowest BCUT2D eigenvalue weighted by Gasteiger charge is -2.15. The van der Waals surface area contributed by atoms with Crippen LogP contribution in [0.3, 0.4) is 0 Å². The predicted molar refractivity (Wildman–Crippen MR) is 68.0 cm³/mol. The third-order valence-electron chi connectivity index (χ3n) is 2.72. The molecule has 3 rings (SSSR count). The van der Waals surface area contributed by atoms with Crippen molar-refractivity contribution in [2.45, 2.75) is 18.9 Å². The van der Waals surface area contributed by atoms with Crippen LogP contribution in [0.1, 0.15) is 18.5 Å². The second-order valence-electron chi connectivity index (χ2n) is 4.13. The fourth-order valence-corrected chi connectivity index (χ4v) is 2.46. The highest BCUT2D eigenvalue weighted by Gasteiger charge is 2.22. The highest BCUT2D eigenvalue weighted by Crippen LogP contribution is 2.25. The van der Waals surface area contributed by atoms with Gasteiger partial charge in [0, 0.05) is 19.0 Å². The lowest BCUT2D eigenvalue weighted by Crippen LogP contribution is -2.26. The van der Waals surface area contributed by atoms with Crippen LogP contribution in [0.2, 0.25) is 0 Å². The molecule has 0 saturated heterocycles. The molecule has 1 aliphatic heterocycles. The van der Waals surface area contributed by atoms with Gasteiger partial charge in [-0.25, -0.2) is 0 Å². The van der Waals surface area contributed by atoms with E-state index in [2.05, 4.69) is 26.2 Å². The first kappa shape index (κ1) is 9.96. The Kier molecular flexibility index (Phi) is 2.47. The van der Waals surface area contributed by atoms with Crippen LogP contribution in [0.15, 0.2) is 28.4 Å². The molecule has 1 aromatic rings. The number of aryl methyl sites for hydroxylation is 1. The lowest BCUT2D eigenvalue weighted by molar-refractivity contribution is 0.904. The number of hydrazone groups is 1. The molecule has 1 N–H and O–H groups in total. The average Bonchev–Trinajstić information content (AvgIpc) is 3.00. The Morgan fingerprint density at radius 3 is 3.00 bits per heavy atom. The van der Waals surface area contributed by atoms with Gasteiger partial charge in [-0.2, -0.15) is 5.10 Å². The molecule has 0 aromatic carbocycles. The van der Waals surface area contributed by atoms with Crippen molar-refractivity contribution in [2.24, 2.45) is 17.1 Å². The smallest absolute Gasteiger partial charge is 0.177 e. The molecule has 0 amide bonds. The van der Waals surface area contributed by atoms with Crippen LogP contribution in [-0.2, 0) is 7.05 Å². The third-order valence-corrected chi connectivity index (χ3v) is 3.61. The van der Waals surface area contributed by atoms with E-state index in [9.17, 15) is 0 Å². The summed E-state index contributed by atoms with van der Waals surface area (Å²) < 4.78 is 2.09. The van der Waals surface area contributed by atoms with E-state index in [4.69, 9.17) is 0 Å². The van der Waals surface area contributed by atoms with E-state index < -0.39 is 0 Å². The molecule has 1 fully saturated rings. The SMILES string of the molecule is Cn1cccc1C1=NNC(=NC2CC2)SC1. The minimum absolute atomic E-state index is 0.557. The fourth-order valence-electron chi connectivity index (χ4n) is 1.64. The Labute approximate surface area is 98.8 Å². The lowest BCUT2D eigenvalue weighted by atomic mass is 10.3. The predicted octanol–water partition coefficient (Wildman–Crippen LogP) is 1.58. The number of hydrogen-bond donors (Lipinski definition) is 1. The quantitative estimate of drug-likeness (QED) is 0.844. The summed E-state index contributed by atoms with van der Waals surface area (Å²) in [6.07, 6.45) is 4.51. The van der Waals surface area contributed by atoms with Crippen LogP contribution >= 0.6 is 11.8 Å². The topological polar surface area (TPSA) is 41.7 Å². The summed E-state index contributed by atoms with van der Waals surface area (Å²) in [5.41, 5.74) is 5.31. The number of hydrogen-bond acceptors (Lipinski definition) is 3. The Hall–Kier alpha value is -1.23. The summed E-state index contributed by atoms with van der Waals surface area (Å²) >= 11 is 1.74. The van der Waals surface area contributed by atoms with Gasteiger partial charge in [0.15, 0.2) is 5.17 Å². The Bertz CT molecular complexity index is 456. The Morgan fingerprint density at radius 1 is 1.56 bits per heavy atom. The van der Waals surface area contributed by atoms with Crippen LogP contribution in [0.5, 0.6) is 0 Å². The second-order valence-corrected chi connectivity index (χ2v) is 5.09. The van der Waals surface area contributed by atoms with Crippen LogP contribution in [0.4, 0.5) is 0 Å². The van der Waals surface area contributed by atoms with Crippen molar-refractivity contribution in [3.63, 3.8) is 0 Å². The summed E-state index contributed by atoms with van der Waals surface area (Å²) in [4.78, 5) is 4.54. The molecule has 16 heavy (non-hydrogen) atoms. The Balaban J connectivity index is 1.75. The minimum atomic E-state index is 0.557. The van der Waals surface area contributed by atoms with Gasteiger partial charge in [-0.15, -0.1) is 0 Å². The maximum atomic E-state index is 4.54. The number of amidine groups is 1. The molecule has 1 saturated carbocycles. The number of aromatic nitrogens is 1. The largest absolute Gasteiger partial charge is 0.350 e. The van der Waals surface area contributed by atoms with Gasteiger partial charge in [-0.05, 0) is 25.0 Å².